The van der Waals surface area contributed by atoms with E-state index >= 15 is 0 Å². The van der Waals surface area contributed by atoms with Gasteiger partial charge in [-0.05, 0) is 36.2 Å². The van der Waals surface area contributed by atoms with Gasteiger partial charge < -0.3 is 10.7 Å². The Bertz CT molecular complexity index is 1120. The fourth-order valence-corrected chi connectivity index (χ4v) is 3.46. The highest BCUT2D eigenvalue weighted by Gasteiger charge is 2.15. The van der Waals surface area contributed by atoms with Gasteiger partial charge in [-0.3, -0.25) is 4.98 Å². The lowest BCUT2D eigenvalue weighted by atomic mass is 9.88. The first-order chi connectivity index (χ1) is 13.2. The largest absolute Gasteiger partial charge is 0.330 e. The quantitative estimate of drug-likeness (QED) is 0.494. The Morgan fingerprint density at radius 3 is 2.30 bits per heavy atom. The highest BCUT2D eigenvalue weighted by atomic mass is 35.5. The molecule has 136 valence electrons. The minimum atomic E-state index is -0.297. The Morgan fingerprint density at radius 2 is 1.63 bits per heavy atom. The summed E-state index contributed by atoms with van der Waals surface area (Å²) < 4.78 is 0. The van der Waals surface area contributed by atoms with Gasteiger partial charge in [0.15, 0.2) is 5.65 Å². The first-order valence-electron chi connectivity index (χ1n) is 8.64. The number of halogens is 1. The molecule has 6 nitrogen and oxygen atoms in total. The summed E-state index contributed by atoms with van der Waals surface area (Å²) in [5, 5.41) is 0.717. The van der Waals surface area contributed by atoms with E-state index in [0.29, 0.717) is 28.4 Å². The smallest absolute Gasteiger partial charge is 0.325 e. The molecule has 0 radical (unpaired) electrons. The number of nitrogens with zero attached hydrogens (tertiary/aromatic N) is 2. The van der Waals surface area contributed by atoms with Gasteiger partial charge in [0.1, 0.15) is 11.8 Å². The maximum Gasteiger partial charge on any atom is 0.325 e. The molecule has 0 saturated carbocycles. The van der Waals surface area contributed by atoms with E-state index in [0.717, 1.165) is 12.0 Å². The van der Waals surface area contributed by atoms with Crippen LogP contribution in [-0.2, 0) is 0 Å². The van der Waals surface area contributed by atoms with Gasteiger partial charge in [-0.25, -0.2) is 14.8 Å². The summed E-state index contributed by atoms with van der Waals surface area (Å²) in [5.74, 6) is 0.193. The zero-order chi connectivity index (χ0) is 18.8. The lowest BCUT2D eigenvalue weighted by Gasteiger charge is -2.18. The van der Waals surface area contributed by atoms with Crippen LogP contribution in [-0.4, -0.2) is 26.5 Å². The van der Waals surface area contributed by atoms with E-state index in [9.17, 15) is 4.79 Å². The van der Waals surface area contributed by atoms with Gasteiger partial charge in [0.2, 0.25) is 0 Å². The average Bonchev–Trinajstić information content (AvgIpc) is 3.07. The van der Waals surface area contributed by atoms with Crippen LogP contribution >= 0.6 is 11.6 Å². The molecule has 1 atom stereocenters. The molecule has 4 aromatic rings. The van der Waals surface area contributed by atoms with Crippen molar-refractivity contribution in [2.24, 2.45) is 5.73 Å². The minimum absolute atomic E-state index is 0.193. The number of H-pyrrole nitrogens is 2. The number of imidazole rings is 1. The van der Waals surface area contributed by atoms with Crippen molar-refractivity contribution in [3.8, 4) is 11.3 Å². The van der Waals surface area contributed by atoms with Crippen LogP contribution in [0, 0.1) is 0 Å². The maximum atomic E-state index is 11.6. The van der Waals surface area contributed by atoms with Crippen molar-refractivity contribution in [1.82, 2.24) is 19.9 Å². The van der Waals surface area contributed by atoms with E-state index in [1.54, 1.807) is 0 Å². The molecular weight excluding hydrogens is 362 g/mol. The van der Waals surface area contributed by atoms with E-state index in [-0.39, 0.29) is 11.6 Å². The molecule has 2 heterocycles. The number of hydrogen-bond donors (Lipinski definition) is 3. The highest BCUT2D eigenvalue weighted by Crippen LogP contribution is 2.31. The normalized spacial score (nSPS) is 12.4. The highest BCUT2D eigenvalue weighted by molar-refractivity contribution is 6.30. The van der Waals surface area contributed by atoms with E-state index in [1.807, 2.05) is 36.4 Å². The molecule has 4 rings (SSSR count). The number of nitrogens with one attached hydrogen (secondary N) is 2. The Kier molecular flexibility index (Phi) is 4.75. The molecule has 0 spiro atoms. The van der Waals surface area contributed by atoms with Crippen molar-refractivity contribution in [3.05, 3.63) is 81.5 Å². The van der Waals surface area contributed by atoms with Crippen LogP contribution in [0.1, 0.15) is 23.5 Å². The third-order valence-corrected chi connectivity index (χ3v) is 4.88. The maximum absolute atomic E-state index is 11.6. The van der Waals surface area contributed by atoms with E-state index in [2.05, 4.69) is 32.1 Å². The summed E-state index contributed by atoms with van der Waals surface area (Å²) in [5.41, 5.74) is 10.6. The fourth-order valence-electron chi connectivity index (χ4n) is 3.33. The molecule has 27 heavy (non-hydrogen) atoms. The summed E-state index contributed by atoms with van der Waals surface area (Å²) in [6.07, 6.45) is 2.28. The van der Waals surface area contributed by atoms with Crippen LogP contribution in [0.2, 0.25) is 5.02 Å². The number of rotatable bonds is 5. The second-order valence-corrected chi connectivity index (χ2v) is 6.76. The van der Waals surface area contributed by atoms with Crippen molar-refractivity contribution >= 4 is 22.8 Å². The van der Waals surface area contributed by atoms with Crippen LogP contribution < -0.4 is 11.4 Å². The monoisotopic (exact) mass is 379 g/mol. The molecule has 1 unspecified atom stereocenters. The molecule has 0 aliphatic rings. The van der Waals surface area contributed by atoms with Crippen LogP contribution in [0.3, 0.4) is 0 Å². The van der Waals surface area contributed by atoms with Crippen molar-refractivity contribution < 1.29 is 0 Å². The van der Waals surface area contributed by atoms with Gasteiger partial charge in [0.05, 0.1) is 5.69 Å². The van der Waals surface area contributed by atoms with E-state index in [4.69, 9.17) is 17.3 Å². The molecular formula is C20H18ClN5O. The van der Waals surface area contributed by atoms with Crippen LogP contribution in [0.4, 0.5) is 0 Å². The molecule has 0 aliphatic carbocycles. The number of hydrogen-bond acceptors (Lipinski definition) is 4. The lowest BCUT2D eigenvalue weighted by molar-refractivity contribution is 0.726. The number of aromatic nitrogens is 4. The third-order valence-electron chi connectivity index (χ3n) is 4.63. The Hall–Kier alpha value is -2.96. The van der Waals surface area contributed by atoms with Gasteiger partial charge in [0, 0.05) is 16.5 Å². The molecule has 0 bridgehead atoms. The lowest BCUT2D eigenvalue weighted by Crippen LogP contribution is -2.08. The minimum Gasteiger partial charge on any atom is -0.330 e. The molecule has 7 heteroatoms. The van der Waals surface area contributed by atoms with Gasteiger partial charge in [-0.2, -0.15) is 0 Å². The number of aromatic amines is 2. The third kappa shape index (κ3) is 3.49. The summed E-state index contributed by atoms with van der Waals surface area (Å²) in [6.45, 7) is 0.589. The SMILES string of the molecule is NCCC(c1ccc(Cl)cc1)c1ccc(-c2ncnc3[nH]c(=O)[nH]c23)cc1. The number of fused-ring (bicyclic) bond motifs is 1. The first-order valence-corrected chi connectivity index (χ1v) is 9.02. The van der Waals surface area contributed by atoms with Gasteiger partial charge in [-0.15, -0.1) is 0 Å². The summed E-state index contributed by atoms with van der Waals surface area (Å²) >= 11 is 6.01. The van der Waals surface area contributed by atoms with E-state index < -0.39 is 0 Å². The Labute approximate surface area is 160 Å². The molecule has 0 fully saturated rings. The zero-order valence-electron chi connectivity index (χ0n) is 14.4. The van der Waals surface area contributed by atoms with Crippen LogP contribution in [0.25, 0.3) is 22.4 Å². The second kappa shape index (κ2) is 7.34. The predicted octanol–water partition coefficient (Wildman–Crippen LogP) is 3.45. The molecule has 0 saturated heterocycles. The molecule has 0 amide bonds. The predicted molar refractivity (Wildman–Crippen MR) is 107 cm³/mol. The zero-order valence-corrected chi connectivity index (χ0v) is 15.2. The van der Waals surface area contributed by atoms with Gasteiger partial charge in [-0.1, -0.05) is 48.0 Å². The number of nitrogens with two attached hydrogens (primary N) is 1. The van der Waals surface area contributed by atoms with Gasteiger partial charge in [0.25, 0.3) is 0 Å². The second-order valence-electron chi connectivity index (χ2n) is 6.33. The number of benzene rings is 2. The van der Waals surface area contributed by atoms with Crippen molar-refractivity contribution in [2.75, 3.05) is 6.54 Å². The van der Waals surface area contributed by atoms with E-state index in [1.165, 1.54) is 17.5 Å². The van der Waals surface area contributed by atoms with Crippen molar-refractivity contribution in [3.63, 3.8) is 0 Å². The topological polar surface area (TPSA) is 100 Å². The molecule has 2 aromatic heterocycles. The standard InChI is InChI=1S/C20H18ClN5O/c21-15-7-5-13(6-8-15)16(9-10-22)12-1-3-14(4-2-12)17-18-19(24-11-23-17)26-20(27)25-18/h1-8,11,16H,9-10,22H2,(H2,23,24,25,26,27). The molecule has 0 aliphatic heterocycles. The van der Waals surface area contributed by atoms with Crippen molar-refractivity contribution in [2.45, 2.75) is 12.3 Å². The molecule has 2 aromatic carbocycles. The Balaban J connectivity index is 1.71. The Morgan fingerprint density at radius 1 is 0.963 bits per heavy atom. The summed E-state index contributed by atoms with van der Waals surface area (Å²) in [6, 6.07) is 16.0. The molecule has 4 N–H and O–H groups in total. The fraction of sp³-hybridized carbons (Fsp3) is 0.150. The van der Waals surface area contributed by atoms with Crippen LogP contribution in [0.15, 0.2) is 59.7 Å². The summed E-state index contributed by atoms with van der Waals surface area (Å²) in [7, 11) is 0. The van der Waals surface area contributed by atoms with Crippen molar-refractivity contribution in [1.29, 1.82) is 0 Å². The average molecular weight is 380 g/mol. The first kappa shape index (κ1) is 17.5. The summed E-state index contributed by atoms with van der Waals surface area (Å²) in [4.78, 5) is 25.4. The van der Waals surface area contributed by atoms with Crippen LogP contribution in [0.5, 0.6) is 0 Å². The van der Waals surface area contributed by atoms with Gasteiger partial charge >= 0.3 is 5.69 Å².